The maximum Gasteiger partial charge on any atom is 0.211 e. The number of nitrogens with one attached hydrogen (secondary N) is 1. The van der Waals surface area contributed by atoms with Crippen molar-refractivity contribution in [3.8, 4) is 0 Å². The number of oxazole rings is 1. The number of hydrogen-bond acceptors (Lipinski definition) is 5. The highest BCUT2D eigenvalue weighted by atomic mass is 32.2. The zero-order valence-corrected chi connectivity index (χ0v) is 10.8. The van der Waals surface area contributed by atoms with Crippen molar-refractivity contribution >= 4 is 9.84 Å². The molecular formula is C10H18N2O3S. The number of aryl methyl sites for hydroxylation is 1. The largest absolute Gasteiger partial charge is 0.444 e. The SMILES string of the molecule is Cc1cnc(C(C)NC(C)CS(C)(=O)=O)o1. The van der Waals surface area contributed by atoms with E-state index in [4.69, 9.17) is 4.42 Å². The van der Waals surface area contributed by atoms with Crippen molar-refractivity contribution in [2.24, 2.45) is 0 Å². The van der Waals surface area contributed by atoms with Crippen molar-refractivity contribution < 1.29 is 12.8 Å². The monoisotopic (exact) mass is 246 g/mol. The second kappa shape index (κ2) is 4.97. The molecule has 6 heteroatoms. The summed E-state index contributed by atoms with van der Waals surface area (Å²) in [7, 11) is -2.96. The summed E-state index contributed by atoms with van der Waals surface area (Å²) in [6.45, 7) is 5.54. The number of hydrogen-bond donors (Lipinski definition) is 1. The summed E-state index contributed by atoms with van der Waals surface area (Å²) in [6, 6.07) is -0.220. The van der Waals surface area contributed by atoms with Crippen LogP contribution in [0.1, 0.15) is 31.5 Å². The van der Waals surface area contributed by atoms with Gasteiger partial charge in [0, 0.05) is 12.3 Å². The summed E-state index contributed by atoms with van der Waals surface area (Å²) in [5.41, 5.74) is 0. The smallest absolute Gasteiger partial charge is 0.211 e. The van der Waals surface area contributed by atoms with E-state index in [1.165, 1.54) is 6.26 Å². The van der Waals surface area contributed by atoms with Crippen LogP contribution in [-0.2, 0) is 9.84 Å². The third kappa shape index (κ3) is 4.32. The third-order valence-corrected chi connectivity index (χ3v) is 3.20. The minimum atomic E-state index is -2.96. The van der Waals surface area contributed by atoms with Gasteiger partial charge in [0.1, 0.15) is 15.6 Å². The molecule has 1 aromatic rings. The fourth-order valence-electron chi connectivity index (χ4n) is 1.57. The van der Waals surface area contributed by atoms with Crippen molar-refractivity contribution in [3.05, 3.63) is 17.8 Å². The average molecular weight is 246 g/mol. The Bertz CT molecular complexity index is 439. The van der Waals surface area contributed by atoms with Gasteiger partial charge < -0.3 is 9.73 Å². The molecule has 0 amide bonds. The van der Waals surface area contributed by atoms with Crippen molar-refractivity contribution in [1.82, 2.24) is 10.3 Å². The van der Waals surface area contributed by atoms with Gasteiger partial charge >= 0.3 is 0 Å². The quantitative estimate of drug-likeness (QED) is 0.841. The van der Waals surface area contributed by atoms with E-state index in [0.717, 1.165) is 5.76 Å². The first-order valence-electron chi connectivity index (χ1n) is 5.14. The molecule has 1 rings (SSSR count). The highest BCUT2D eigenvalue weighted by Crippen LogP contribution is 2.12. The summed E-state index contributed by atoms with van der Waals surface area (Å²) in [6.07, 6.45) is 2.87. The Hall–Kier alpha value is -0.880. The molecule has 92 valence electrons. The summed E-state index contributed by atoms with van der Waals surface area (Å²) in [5.74, 6) is 1.44. The Morgan fingerprint density at radius 3 is 2.56 bits per heavy atom. The minimum absolute atomic E-state index is 0.0922. The summed E-state index contributed by atoms with van der Waals surface area (Å²) < 4.78 is 27.5. The van der Waals surface area contributed by atoms with Gasteiger partial charge in [0.2, 0.25) is 5.89 Å². The van der Waals surface area contributed by atoms with E-state index < -0.39 is 9.84 Å². The molecule has 5 nitrogen and oxygen atoms in total. The van der Waals surface area contributed by atoms with Crippen LogP contribution in [0.5, 0.6) is 0 Å². The first-order chi connectivity index (χ1) is 7.28. The molecule has 0 aliphatic rings. The molecule has 0 aliphatic heterocycles. The van der Waals surface area contributed by atoms with Crippen molar-refractivity contribution in [2.75, 3.05) is 12.0 Å². The van der Waals surface area contributed by atoms with Gasteiger partial charge in [-0.15, -0.1) is 0 Å². The van der Waals surface area contributed by atoms with Crippen molar-refractivity contribution in [2.45, 2.75) is 32.9 Å². The summed E-state index contributed by atoms with van der Waals surface area (Å²) in [4.78, 5) is 4.09. The van der Waals surface area contributed by atoms with E-state index in [1.54, 1.807) is 6.20 Å². The summed E-state index contributed by atoms with van der Waals surface area (Å²) >= 11 is 0. The molecule has 0 aliphatic carbocycles. The van der Waals surface area contributed by atoms with E-state index >= 15 is 0 Å². The predicted octanol–water partition coefficient (Wildman–Crippen LogP) is 1.07. The van der Waals surface area contributed by atoms with E-state index in [2.05, 4.69) is 10.3 Å². The van der Waals surface area contributed by atoms with Gasteiger partial charge in [-0.05, 0) is 20.8 Å². The molecule has 1 heterocycles. The zero-order valence-electron chi connectivity index (χ0n) is 10.0. The van der Waals surface area contributed by atoms with E-state index in [1.807, 2.05) is 20.8 Å². The second-order valence-corrected chi connectivity index (χ2v) is 6.38. The van der Waals surface area contributed by atoms with Gasteiger partial charge in [-0.3, -0.25) is 0 Å². The number of rotatable bonds is 5. The van der Waals surface area contributed by atoms with E-state index in [-0.39, 0.29) is 17.8 Å². The van der Waals surface area contributed by atoms with Gasteiger partial charge in [-0.2, -0.15) is 0 Å². The highest BCUT2D eigenvalue weighted by Gasteiger charge is 2.16. The van der Waals surface area contributed by atoms with Crippen LogP contribution < -0.4 is 5.32 Å². The first kappa shape index (κ1) is 13.2. The van der Waals surface area contributed by atoms with Crippen LogP contribution in [-0.4, -0.2) is 31.5 Å². The Balaban J connectivity index is 2.55. The fraction of sp³-hybridized carbons (Fsp3) is 0.700. The Kier molecular flexibility index (Phi) is 4.09. The third-order valence-electron chi connectivity index (χ3n) is 2.10. The lowest BCUT2D eigenvalue weighted by Gasteiger charge is -2.16. The topological polar surface area (TPSA) is 72.2 Å². The molecule has 1 N–H and O–H groups in total. The van der Waals surface area contributed by atoms with Crippen LogP contribution in [0.15, 0.2) is 10.6 Å². The maximum atomic E-state index is 11.1. The molecule has 0 fully saturated rings. The molecule has 0 aromatic carbocycles. The molecule has 1 aromatic heterocycles. The lowest BCUT2D eigenvalue weighted by atomic mass is 10.3. The van der Waals surface area contributed by atoms with Crippen molar-refractivity contribution in [3.63, 3.8) is 0 Å². The normalized spacial score (nSPS) is 16.0. The fourth-order valence-corrected chi connectivity index (χ4v) is 2.58. The number of nitrogens with zero attached hydrogens (tertiary/aromatic N) is 1. The Morgan fingerprint density at radius 2 is 2.12 bits per heavy atom. The molecule has 2 atom stereocenters. The van der Waals surface area contributed by atoms with E-state index in [9.17, 15) is 8.42 Å². The predicted molar refractivity (Wildman–Crippen MR) is 62.0 cm³/mol. The second-order valence-electron chi connectivity index (χ2n) is 4.19. The number of aromatic nitrogens is 1. The van der Waals surface area contributed by atoms with E-state index in [0.29, 0.717) is 5.89 Å². The molecule has 0 spiro atoms. The van der Waals surface area contributed by atoms with Crippen LogP contribution in [0.3, 0.4) is 0 Å². The molecule has 0 radical (unpaired) electrons. The van der Waals surface area contributed by atoms with Crippen LogP contribution in [0.4, 0.5) is 0 Å². The Morgan fingerprint density at radius 1 is 1.50 bits per heavy atom. The summed E-state index contributed by atoms with van der Waals surface area (Å²) in [5, 5.41) is 3.13. The van der Waals surface area contributed by atoms with Crippen LogP contribution in [0, 0.1) is 6.92 Å². The van der Waals surface area contributed by atoms with Gasteiger partial charge in [0.15, 0.2) is 0 Å². The lowest BCUT2D eigenvalue weighted by Crippen LogP contribution is -2.34. The van der Waals surface area contributed by atoms with Crippen LogP contribution >= 0.6 is 0 Å². The molecule has 16 heavy (non-hydrogen) atoms. The standard InChI is InChI=1S/C10H18N2O3S/c1-7(6-16(4,13)14)12-9(3)10-11-5-8(2)15-10/h5,7,9,12H,6H2,1-4H3. The van der Waals surface area contributed by atoms with Crippen molar-refractivity contribution in [1.29, 1.82) is 0 Å². The molecular weight excluding hydrogens is 228 g/mol. The maximum absolute atomic E-state index is 11.1. The minimum Gasteiger partial charge on any atom is -0.444 e. The Labute approximate surface area is 96.2 Å². The van der Waals surface area contributed by atoms with Gasteiger partial charge in [0.05, 0.1) is 18.0 Å². The van der Waals surface area contributed by atoms with Crippen LogP contribution in [0.2, 0.25) is 0 Å². The van der Waals surface area contributed by atoms with Gasteiger partial charge in [-0.1, -0.05) is 0 Å². The number of sulfone groups is 1. The van der Waals surface area contributed by atoms with Crippen LogP contribution in [0.25, 0.3) is 0 Å². The first-order valence-corrected chi connectivity index (χ1v) is 7.20. The molecule has 0 bridgehead atoms. The van der Waals surface area contributed by atoms with Gasteiger partial charge in [0.25, 0.3) is 0 Å². The molecule has 0 saturated heterocycles. The highest BCUT2D eigenvalue weighted by molar-refractivity contribution is 7.90. The van der Waals surface area contributed by atoms with Gasteiger partial charge in [-0.25, -0.2) is 13.4 Å². The molecule has 2 unspecified atom stereocenters. The average Bonchev–Trinajstić information content (AvgIpc) is 2.47. The molecule has 0 saturated carbocycles. The zero-order chi connectivity index (χ0) is 12.3. The lowest BCUT2D eigenvalue weighted by molar-refractivity contribution is 0.385.